The van der Waals surface area contributed by atoms with Crippen LogP contribution in [0, 0.1) is 0 Å². The highest BCUT2D eigenvalue weighted by Crippen LogP contribution is 2.31. The first-order valence-corrected chi connectivity index (χ1v) is 7.37. The van der Waals surface area contributed by atoms with Crippen LogP contribution in [0.15, 0.2) is 30.5 Å². The monoisotopic (exact) mass is 284 g/mol. The number of nitrogens with one attached hydrogen (secondary N) is 1. The summed E-state index contributed by atoms with van der Waals surface area (Å²) in [5.74, 6) is -0.420. The van der Waals surface area contributed by atoms with E-state index in [4.69, 9.17) is 5.73 Å². The van der Waals surface area contributed by atoms with Gasteiger partial charge in [-0.1, -0.05) is 25.1 Å². The van der Waals surface area contributed by atoms with Gasteiger partial charge in [-0.2, -0.15) is 0 Å². The molecule has 110 valence electrons. The number of hydrogen-bond donors (Lipinski definition) is 2. The third-order valence-corrected chi connectivity index (χ3v) is 3.96. The van der Waals surface area contributed by atoms with Crippen molar-refractivity contribution < 1.29 is 4.79 Å². The number of para-hydroxylation sites is 1. The van der Waals surface area contributed by atoms with E-state index in [9.17, 15) is 4.79 Å². The molecule has 5 heteroatoms. The van der Waals surface area contributed by atoms with Crippen LogP contribution in [0.5, 0.6) is 0 Å². The van der Waals surface area contributed by atoms with E-state index in [0.717, 1.165) is 42.6 Å². The van der Waals surface area contributed by atoms with E-state index in [1.54, 1.807) is 6.20 Å². The summed E-state index contributed by atoms with van der Waals surface area (Å²) < 4.78 is 0. The number of anilines is 1. The Labute approximate surface area is 124 Å². The molecule has 0 saturated carbocycles. The lowest BCUT2D eigenvalue weighted by Crippen LogP contribution is -2.58. The van der Waals surface area contributed by atoms with Gasteiger partial charge in [0.15, 0.2) is 0 Å². The van der Waals surface area contributed by atoms with Crippen molar-refractivity contribution in [3.8, 4) is 0 Å². The van der Waals surface area contributed by atoms with E-state index < -0.39 is 5.91 Å². The number of nitrogens with two attached hydrogens (primary N) is 1. The number of carbonyl (C=O) groups is 1. The van der Waals surface area contributed by atoms with Crippen LogP contribution in [0.25, 0.3) is 10.9 Å². The Bertz CT molecular complexity index is 666. The van der Waals surface area contributed by atoms with Crippen LogP contribution in [0.4, 0.5) is 5.69 Å². The molecular formula is C16H20N4O. The fourth-order valence-electron chi connectivity index (χ4n) is 2.83. The van der Waals surface area contributed by atoms with Gasteiger partial charge in [-0.3, -0.25) is 9.78 Å². The zero-order valence-electron chi connectivity index (χ0n) is 12.2. The summed E-state index contributed by atoms with van der Waals surface area (Å²) in [4.78, 5) is 18.5. The Morgan fingerprint density at radius 3 is 2.81 bits per heavy atom. The van der Waals surface area contributed by atoms with Gasteiger partial charge in [0.2, 0.25) is 0 Å². The molecule has 2 aromatic rings. The quantitative estimate of drug-likeness (QED) is 0.873. The number of fused-ring (bicyclic) bond motifs is 1. The summed E-state index contributed by atoms with van der Waals surface area (Å²) in [5.41, 5.74) is 7.91. The molecule has 0 bridgehead atoms. The molecule has 1 aliphatic heterocycles. The van der Waals surface area contributed by atoms with Crippen LogP contribution in [0.2, 0.25) is 0 Å². The number of carbonyl (C=O) groups excluding carboxylic acids is 1. The molecule has 0 spiro atoms. The summed E-state index contributed by atoms with van der Waals surface area (Å²) in [6, 6.07) is 8.32. The predicted octanol–water partition coefficient (Wildman–Crippen LogP) is 1.52. The third-order valence-electron chi connectivity index (χ3n) is 3.96. The highest BCUT2D eigenvalue weighted by Gasteiger charge is 2.28. The van der Waals surface area contributed by atoms with Gasteiger partial charge in [0, 0.05) is 31.2 Å². The second kappa shape index (κ2) is 5.69. The van der Waals surface area contributed by atoms with Gasteiger partial charge in [0.1, 0.15) is 0 Å². The molecule has 1 aliphatic rings. The summed E-state index contributed by atoms with van der Waals surface area (Å²) >= 11 is 0. The van der Waals surface area contributed by atoms with E-state index in [1.165, 1.54) is 0 Å². The second-order valence-corrected chi connectivity index (χ2v) is 5.41. The van der Waals surface area contributed by atoms with Gasteiger partial charge in [0.05, 0.1) is 22.8 Å². The fraction of sp³-hybridized carbons (Fsp3) is 0.375. The smallest absolute Gasteiger partial charge is 0.252 e. The maximum Gasteiger partial charge on any atom is 0.252 e. The van der Waals surface area contributed by atoms with Crippen LogP contribution >= 0.6 is 0 Å². The number of nitrogens with zero attached hydrogens (tertiary/aromatic N) is 2. The van der Waals surface area contributed by atoms with Crippen LogP contribution in [0.1, 0.15) is 23.7 Å². The maximum atomic E-state index is 11.8. The van der Waals surface area contributed by atoms with Crippen LogP contribution in [0.3, 0.4) is 0 Å². The van der Waals surface area contributed by atoms with E-state index in [-0.39, 0.29) is 0 Å². The Morgan fingerprint density at radius 1 is 1.43 bits per heavy atom. The number of rotatable bonds is 5. The van der Waals surface area contributed by atoms with Gasteiger partial charge < -0.3 is 16.0 Å². The number of aromatic nitrogens is 1. The van der Waals surface area contributed by atoms with Crippen molar-refractivity contribution >= 4 is 22.5 Å². The van der Waals surface area contributed by atoms with E-state index >= 15 is 0 Å². The lowest BCUT2D eigenvalue weighted by Gasteiger charge is -2.40. The maximum absolute atomic E-state index is 11.8. The first kappa shape index (κ1) is 13.8. The summed E-state index contributed by atoms with van der Waals surface area (Å²) in [6.45, 7) is 4.93. The van der Waals surface area contributed by atoms with E-state index in [2.05, 4.69) is 22.1 Å². The highest BCUT2D eigenvalue weighted by molar-refractivity contribution is 6.06. The molecule has 0 unspecified atom stereocenters. The Balaban J connectivity index is 2.20. The number of pyridine rings is 1. The average Bonchev–Trinajstić information content (AvgIpc) is 2.43. The van der Waals surface area contributed by atoms with E-state index in [0.29, 0.717) is 11.6 Å². The molecule has 0 radical (unpaired) electrons. The van der Waals surface area contributed by atoms with Gasteiger partial charge >= 0.3 is 0 Å². The van der Waals surface area contributed by atoms with E-state index in [1.807, 2.05) is 24.3 Å². The topological polar surface area (TPSA) is 71.2 Å². The Kier molecular flexibility index (Phi) is 3.75. The minimum Gasteiger partial charge on any atom is -0.365 e. The summed E-state index contributed by atoms with van der Waals surface area (Å²) in [7, 11) is 0. The van der Waals surface area contributed by atoms with Crippen molar-refractivity contribution in [1.29, 1.82) is 0 Å². The summed E-state index contributed by atoms with van der Waals surface area (Å²) in [6.07, 6.45) is 2.63. The fourth-order valence-corrected chi connectivity index (χ4v) is 2.83. The number of benzene rings is 1. The van der Waals surface area contributed by atoms with Gasteiger partial charge in [0.25, 0.3) is 5.91 Å². The molecule has 1 saturated heterocycles. The molecule has 0 aliphatic carbocycles. The van der Waals surface area contributed by atoms with Crippen molar-refractivity contribution in [1.82, 2.24) is 10.3 Å². The lowest BCUT2D eigenvalue weighted by molar-refractivity contribution is 0.100. The van der Waals surface area contributed by atoms with Crippen molar-refractivity contribution in [2.75, 3.05) is 24.5 Å². The molecule has 1 fully saturated rings. The molecule has 21 heavy (non-hydrogen) atoms. The Morgan fingerprint density at radius 2 is 2.19 bits per heavy atom. The minimum atomic E-state index is -0.420. The molecule has 5 nitrogen and oxygen atoms in total. The molecular weight excluding hydrogens is 264 g/mol. The highest BCUT2D eigenvalue weighted by atomic mass is 16.1. The van der Waals surface area contributed by atoms with Crippen LogP contribution < -0.4 is 16.0 Å². The van der Waals surface area contributed by atoms with Gasteiger partial charge in [-0.15, -0.1) is 0 Å². The predicted molar refractivity (Wildman–Crippen MR) is 84.6 cm³/mol. The summed E-state index contributed by atoms with van der Waals surface area (Å²) in [5, 5.41) is 4.29. The first-order valence-electron chi connectivity index (χ1n) is 7.37. The third kappa shape index (κ3) is 2.45. The van der Waals surface area contributed by atoms with Crippen molar-refractivity contribution in [3.63, 3.8) is 0 Å². The number of amides is 1. The molecule has 2 heterocycles. The number of hydrogen-bond acceptors (Lipinski definition) is 4. The lowest BCUT2D eigenvalue weighted by atomic mass is 10.0. The van der Waals surface area contributed by atoms with Crippen LogP contribution in [-0.2, 0) is 0 Å². The molecule has 0 atom stereocenters. The standard InChI is InChI=1S/C16H20N4O/c1-2-7-20(11-8-18-9-11)15-12-5-3-4-6-14(12)19-10-13(15)16(17)21/h3-6,10-11,18H,2,7-9H2,1H3,(H2,17,21). The number of primary amides is 1. The molecule has 3 rings (SSSR count). The normalized spacial score (nSPS) is 14.9. The zero-order valence-corrected chi connectivity index (χ0v) is 12.2. The SMILES string of the molecule is CCCN(c1c(C(N)=O)cnc2ccccc12)C1CNC1. The zero-order chi connectivity index (χ0) is 14.8. The molecule has 1 aromatic carbocycles. The van der Waals surface area contributed by atoms with Gasteiger partial charge in [-0.05, 0) is 12.5 Å². The van der Waals surface area contributed by atoms with Crippen LogP contribution in [-0.4, -0.2) is 36.6 Å². The molecule has 1 aromatic heterocycles. The van der Waals surface area contributed by atoms with Crippen molar-refractivity contribution in [3.05, 3.63) is 36.0 Å². The largest absolute Gasteiger partial charge is 0.365 e. The molecule has 3 N–H and O–H groups in total. The van der Waals surface area contributed by atoms with Crippen molar-refractivity contribution in [2.24, 2.45) is 5.73 Å². The second-order valence-electron chi connectivity index (χ2n) is 5.41. The van der Waals surface area contributed by atoms with Gasteiger partial charge in [-0.25, -0.2) is 0 Å². The molecule has 1 amide bonds. The Hall–Kier alpha value is -2.14. The minimum absolute atomic E-state index is 0.411. The average molecular weight is 284 g/mol. The first-order chi connectivity index (χ1) is 10.2. The van der Waals surface area contributed by atoms with Crippen molar-refractivity contribution in [2.45, 2.75) is 19.4 Å².